The first-order chi connectivity index (χ1) is 10.0. The van der Waals surface area contributed by atoms with Crippen LogP contribution in [0.5, 0.6) is 0 Å². The van der Waals surface area contributed by atoms with Crippen LogP contribution >= 0.6 is 11.6 Å². The first-order valence-corrected chi connectivity index (χ1v) is 6.89. The van der Waals surface area contributed by atoms with Gasteiger partial charge in [-0.25, -0.2) is 4.98 Å². The van der Waals surface area contributed by atoms with Gasteiger partial charge < -0.3 is 20.5 Å². The third-order valence-electron chi connectivity index (χ3n) is 2.94. The number of amides is 1. The molecule has 0 aliphatic carbocycles. The molecule has 1 amide bonds. The molecular weight excluding hydrogens is 290 g/mol. The maximum Gasteiger partial charge on any atom is 0.275 e. The molecule has 3 N–H and O–H groups in total. The van der Waals surface area contributed by atoms with Crippen LogP contribution in [0.15, 0.2) is 30.7 Å². The second-order valence-electron chi connectivity index (χ2n) is 4.80. The van der Waals surface area contributed by atoms with E-state index in [1.165, 1.54) is 0 Å². The summed E-state index contributed by atoms with van der Waals surface area (Å²) in [5.74, 6) is -0.278. The molecule has 0 bridgehead atoms. The molecule has 0 fully saturated rings. The van der Waals surface area contributed by atoms with Crippen molar-refractivity contribution in [3.8, 4) is 0 Å². The number of nitrogens with one attached hydrogen (secondary N) is 1. The number of aromatic nitrogens is 2. The Morgan fingerprint density at radius 2 is 2.24 bits per heavy atom. The molecule has 1 aromatic carbocycles. The minimum atomic E-state index is -0.278. The highest BCUT2D eigenvalue weighted by atomic mass is 35.5. The standard InChI is InChI=1S/C14H18ClN5O/c1-19(2)13-4-3-10(7-11(13)15)18-14(21)12-8-20(6-5-16)9-17-12/h3-4,7-9H,5-6,16H2,1-2H3,(H,18,21). The number of halogens is 1. The van der Waals surface area contributed by atoms with Gasteiger partial charge in [0.2, 0.25) is 0 Å². The minimum absolute atomic E-state index is 0.278. The van der Waals surface area contributed by atoms with Gasteiger partial charge in [0.05, 0.1) is 17.0 Å². The summed E-state index contributed by atoms with van der Waals surface area (Å²) in [5, 5.41) is 3.35. The molecule has 0 unspecified atom stereocenters. The van der Waals surface area contributed by atoms with Crippen LogP contribution in [0.3, 0.4) is 0 Å². The molecule has 0 spiro atoms. The quantitative estimate of drug-likeness (QED) is 0.883. The smallest absolute Gasteiger partial charge is 0.275 e. The molecular formula is C14H18ClN5O. The van der Waals surface area contributed by atoms with Crippen molar-refractivity contribution in [1.29, 1.82) is 0 Å². The molecule has 0 atom stereocenters. The van der Waals surface area contributed by atoms with E-state index in [2.05, 4.69) is 10.3 Å². The lowest BCUT2D eigenvalue weighted by atomic mass is 10.2. The number of carbonyl (C=O) groups is 1. The summed E-state index contributed by atoms with van der Waals surface area (Å²) in [6, 6.07) is 5.37. The maximum absolute atomic E-state index is 12.1. The Morgan fingerprint density at radius 1 is 1.48 bits per heavy atom. The second-order valence-corrected chi connectivity index (χ2v) is 5.21. The molecule has 112 valence electrons. The average molecular weight is 308 g/mol. The third-order valence-corrected chi connectivity index (χ3v) is 3.24. The Bertz CT molecular complexity index is 638. The maximum atomic E-state index is 12.1. The molecule has 21 heavy (non-hydrogen) atoms. The van der Waals surface area contributed by atoms with Crippen LogP contribution in [0, 0.1) is 0 Å². The van der Waals surface area contributed by atoms with Gasteiger partial charge in [-0.15, -0.1) is 0 Å². The van der Waals surface area contributed by atoms with Crippen LogP contribution in [-0.4, -0.2) is 36.1 Å². The van der Waals surface area contributed by atoms with Crippen LogP contribution in [0.25, 0.3) is 0 Å². The molecule has 1 heterocycles. The van der Waals surface area contributed by atoms with Gasteiger partial charge in [0, 0.05) is 39.1 Å². The van der Waals surface area contributed by atoms with Crippen molar-refractivity contribution in [3.63, 3.8) is 0 Å². The highest BCUT2D eigenvalue weighted by Crippen LogP contribution is 2.27. The number of nitrogens with two attached hydrogens (primary N) is 1. The summed E-state index contributed by atoms with van der Waals surface area (Å²) in [4.78, 5) is 18.0. The topological polar surface area (TPSA) is 76.2 Å². The number of hydrogen-bond acceptors (Lipinski definition) is 4. The summed E-state index contributed by atoms with van der Waals surface area (Å²) < 4.78 is 1.77. The molecule has 7 heteroatoms. The van der Waals surface area contributed by atoms with Gasteiger partial charge in [-0.3, -0.25) is 4.79 Å². The number of imidazole rings is 1. The summed E-state index contributed by atoms with van der Waals surface area (Å²) in [6.45, 7) is 1.13. The van der Waals surface area contributed by atoms with Crippen molar-refractivity contribution >= 4 is 28.9 Å². The zero-order valence-electron chi connectivity index (χ0n) is 12.0. The predicted molar refractivity (Wildman–Crippen MR) is 85.0 cm³/mol. The van der Waals surface area contributed by atoms with Crippen LogP contribution in [-0.2, 0) is 6.54 Å². The van der Waals surface area contributed by atoms with Gasteiger partial charge in [-0.1, -0.05) is 11.6 Å². The van der Waals surface area contributed by atoms with Crippen molar-refractivity contribution in [2.45, 2.75) is 6.54 Å². The molecule has 2 aromatic rings. The van der Waals surface area contributed by atoms with E-state index in [9.17, 15) is 4.79 Å². The Morgan fingerprint density at radius 3 is 2.86 bits per heavy atom. The van der Waals surface area contributed by atoms with Crippen LogP contribution in [0.4, 0.5) is 11.4 Å². The molecule has 6 nitrogen and oxygen atoms in total. The van der Waals surface area contributed by atoms with E-state index < -0.39 is 0 Å². The van der Waals surface area contributed by atoms with Gasteiger partial charge in [0.15, 0.2) is 0 Å². The zero-order chi connectivity index (χ0) is 15.4. The van der Waals surface area contributed by atoms with Gasteiger partial charge in [-0.2, -0.15) is 0 Å². The largest absolute Gasteiger partial charge is 0.376 e. The van der Waals surface area contributed by atoms with E-state index >= 15 is 0 Å². The first-order valence-electron chi connectivity index (χ1n) is 6.51. The van der Waals surface area contributed by atoms with Gasteiger partial charge in [0.1, 0.15) is 5.69 Å². The van der Waals surface area contributed by atoms with Gasteiger partial charge in [0.25, 0.3) is 5.91 Å². The highest BCUT2D eigenvalue weighted by molar-refractivity contribution is 6.33. The number of rotatable bonds is 5. The zero-order valence-corrected chi connectivity index (χ0v) is 12.8. The van der Waals surface area contributed by atoms with Gasteiger partial charge >= 0.3 is 0 Å². The van der Waals surface area contributed by atoms with Gasteiger partial charge in [-0.05, 0) is 18.2 Å². The lowest BCUT2D eigenvalue weighted by Crippen LogP contribution is -2.13. The Balaban J connectivity index is 2.10. The fourth-order valence-corrected chi connectivity index (χ4v) is 2.24. The number of nitrogens with zero attached hydrogens (tertiary/aromatic N) is 3. The molecule has 0 saturated heterocycles. The van der Waals surface area contributed by atoms with Crippen molar-refractivity contribution in [2.24, 2.45) is 5.73 Å². The van der Waals surface area contributed by atoms with E-state index in [1.807, 2.05) is 25.1 Å². The average Bonchev–Trinajstić information content (AvgIpc) is 2.87. The molecule has 1 aromatic heterocycles. The number of carbonyl (C=O) groups excluding carboxylic acids is 1. The van der Waals surface area contributed by atoms with E-state index in [1.54, 1.807) is 29.2 Å². The molecule has 0 aliphatic rings. The summed E-state index contributed by atoms with van der Waals surface area (Å²) >= 11 is 6.17. The lowest BCUT2D eigenvalue weighted by Gasteiger charge is -2.15. The van der Waals surface area contributed by atoms with E-state index in [0.717, 1.165) is 5.69 Å². The van der Waals surface area contributed by atoms with E-state index in [4.69, 9.17) is 17.3 Å². The number of hydrogen-bond donors (Lipinski definition) is 2. The summed E-state index contributed by atoms with van der Waals surface area (Å²) in [7, 11) is 3.81. The minimum Gasteiger partial charge on any atom is -0.376 e. The van der Waals surface area contributed by atoms with Crippen LogP contribution < -0.4 is 16.0 Å². The molecule has 0 aliphatic heterocycles. The van der Waals surface area contributed by atoms with Crippen molar-refractivity contribution in [2.75, 3.05) is 30.9 Å². The highest BCUT2D eigenvalue weighted by Gasteiger charge is 2.11. The summed E-state index contributed by atoms with van der Waals surface area (Å²) in [5.41, 5.74) is 7.32. The molecule has 0 saturated carbocycles. The Kier molecular flexibility index (Phi) is 4.82. The van der Waals surface area contributed by atoms with E-state index in [-0.39, 0.29) is 5.91 Å². The van der Waals surface area contributed by atoms with Crippen LogP contribution in [0.2, 0.25) is 5.02 Å². The Labute approximate surface area is 128 Å². The number of benzene rings is 1. The SMILES string of the molecule is CN(C)c1ccc(NC(=O)c2cn(CCN)cn2)cc1Cl. The molecule has 2 rings (SSSR count). The van der Waals surface area contributed by atoms with Crippen molar-refractivity contribution in [1.82, 2.24) is 9.55 Å². The second kappa shape index (κ2) is 6.60. The van der Waals surface area contributed by atoms with Crippen molar-refractivity contribution in [3.05, 3.63) is 41.4 Å². The first kappa shape index (κ1) is 15.3. The van der Waals surface area contributed by atoms with Crippen LogP contribution in [0.1, 0.15) is 10.5 Å². The monoisotopic (exact) mass is 307 g/mol. The Hall–Kier alpha value is -2.05. The van der Waals surface area contributed by atoms with Crippen molar-refractivity contribution < 1.29 is 4.79 Å². The number of anilines is 2. The fourth-order valence-electron chi connectivity index (χ4n) is 1.89. The summed E-state index contributed by atoms with van der Waals surface area (Å²) in [6.07, 6.45) is 3.25. The van der Waals surface area contributed by atoms with E-state index in [0.29, 0.717) is 29.5 Å². The molecule has 0 radical (unpaired) electrons. The third kappa shape index (κ3) is 3.74. The fraction of sp³-hybridized carbons (Fsp3) is 0.286. The lowest BCUT2D eigenvalue weighted by molar-refractivity contribution is 0.102. The normalized spacial score (nSPS) is 10.5. The predicted octanol–water partition coefficient (Wildman–Crippen LogP) is 1.81.